The molecule has 0 aliphatic heterocycles. The van der Waals surface area contributed by atoms with Crippen LogP contribution in [0.1, 0.15) is 49.5 Å². The summed E-state index contributed by atoms with van der Waals surface area (Å²) in [6.45, 7) is 2.99. The molecule has 144 valence electrons. The van der Waals surface area contributed by atoms with Crippen LogP contribution in [0.5, 0.6) is 0 Å². The van der Waals surface area contributed by atoms with Crippen LogP contribution in [0.3, 0.4) is 0 Å². The standard InChI is InChI=1S/C21H26N2O3S/c1-14-6-2-3-7-15(14)12-26-18(24)10-11-23-13-22-20-19(21(23)25)16-8-4-5-9-17(16)27-20/h2-3,13-15H,4-12H2,1H3. The topological polar surface area (TPSA) is 61.2 Å². The largest absolute Gasteiger partial charge is 0.465 e. The molecule has 27 heavy (non-hydrogen) atoms. The van der Waals surface area contributed by atoms with Crippen LogP contribution in [0.4, 0.5) is 0 Å². The van der Waals surface area contributed by atoms with Crippen molar-refractivity contribution in [2.24, 2.45) is 11.8 Å². The first kappa shape index (κ1) is 18.4. The molecule has 0 N–H and O–H groups in total. The minimum absolute atomic E-state index is 0.0155. The zero-order chi connectivity index (χ0) is 18.8. The van der Waals surface area contributed by atoms with E-state index < -0.39 is 0 Å². The fourth-order valence-corrected chi connectivity index (χ4v) is 5.28. The molecule has 0 spiro atoms. The monoisotopic (exact) mass is 386 g/mol. The lowest BCUT2D eigenvalue weighted by atomic mass is 9.85. The second-order valence-electron chi connectivity index (χ2n) is 7.75. The Labute approximate surface area is 163 Å². The summed E-state index contributed by atoms with van der Waals surface area (Å²) >= 11 is 1.65. The van der Waals surface area contributed by atoms with Crippen LogP contribution in [-0.4, -0.2) is 22.1 Å². The van der Waals surface area contributed by atoms with Crippen molar-refractivity contribution in [3.8, 4) is 0 Å². The maximum absolute atomic E-state index is 12.9. The highest BCUT2D eigenvalue weighted by Gasteiger charge is 2.21. The van der Waals surface area contributed by atoms with Gasteiger partial charge in [0.15, 0.2) is 0 Å². The van der Waals surface area contributed by atoms with E-state index in [4.69, 9.17) is 4.74 Å². The first-order valence-corrected chi connectivity index (χ1v) is 10.8. The highest BCUT2D eigenvalue weighted by molar-refractivity contribution is 7.18. The van der Waals surface area contributed by atoms with Crippen LogP contribution >= 0.6 is 11.3 Å². The van der Waals surface area contributed by atoms with E-state index in [0.29, 0.717) is 25.0 Å². The second kappa shape index (κ2) is 7.97. The van der Waals surface area contributed by atoms with E-state index in [9.17, 15) is 9.59 Å². The fourth-order valence-electron chi connectivity index (χ4n) is 4.06. The van der Waals surface area contributed by atoms with Gasteiger partial charge in [0.25, 0.3) is 5.56 Å². The third-order valence-corrected chi connectivity index (χ3v) is 7.07. The number of aromatic nitrogens is 2. The van der Waals surface area contributed by atoms with Gasteiger partial charge in [-0.15, -0.1) is 11.3 Å². The average molecular weight is 387 g/mol. The van der Waals surface area contributed by atoms with Crippen molar-refractivity contribution in [1.29, 1.82) is 0 Å². The number of allylic oxidation sites excluding steroid dienone is 2. The molecule has 2 aliphatic carbocycles. The number of nitrogens with zero attached hydrogens (tertiary/aromatic N) is 2. The molecule has 0 radical (unpaired) electrons. The maximum atomic E-state index is 12.9. The smallest absolute Gasteiger partial charge is 0.307 e. The van der Waals surface area contributed by atoms with Gasteiger partial charge in [0.1, 0.15) is 4.83 Å². The van der Waals surface area contributed by atoms with E-state index in [-0.39, 0.29) is 17.9 Å². The van der Waals surface area contributed by atoms with Gasteiger partial charge in [0.2, 0.25) is 0 Å². The summed E-state index contributed by atoms with van der Waals surface area (Å²) in [5, 5.41) is 0.772. The predicted octanol–water partition coefficient (Wildman–Crippen LogP) is 3.87. The summed E-state index contributed by atoms with van der Waals surface area (Å²) in [5.41, 5.74) is 1.17. The number of aryl methyl sites for hydroxylation is 3. The van der Waals surface area contributed by atoms with Crippen molar-refractivity contribution in [3.05, 3.63) is 39.3 Å². The molecule has 4 rings (SSSR count). The summed E-state index contributed by atoms with van der Waals surface area (Å²) in [5.74, 6) is 0.704. The first-order valence-electron chi connectivity index (χ1n) is 9.94. The Bertz CT molecular complexity index is 927. The molecular weight excluding hydrogens is 360 g/mol. The quantitative estimate of drug-likeness (QED) is 0.578. The summed E-state index contributed by atoms with van der Waals surface area (Å²) in [6, 6.07) is 0. The molecule has 2 unspecified atom stereocenters. The molecule has 2 atom stereocenters. The van der Waals surface area contributed by atoms with Crippen LogP contribution in [0.25, 0.3) is 10.2 Å². The van der Waals surface area contributed by atoms with E-state index in [1.165, 1.54) is 16.9 Å². The zero-order valence-corrected chi connectivity index (χ0v) is 16.6. The van der Waals surface area contributed by atoms with Gasteiger partial charge in [-0.05, 0) is 55.9 Å². The maximum Gasteiger partial charge on any atom is 0.307 e. The second-order valence-corrected chi connectivity index (χ2v) is 8.83. The SMILES string of the molecule is CC1CC=CCC1COC(=O)CCn1cnc2sc3c(c2c1=O)CCCC3. The van der Waals surface area contributed by atoms with Gasteiger partial charge in [-0.25, -0.2) is 4.98 Å². The van der Waals surface area contributed by atoms with Gasteiger partial charge in [-0.2, -0.15) is 0 Å². The van der Waals surface area contributed by atoms with E-state index in [1.807, 2.05) is 0 Å². The molecule has 0 aromatic carbocycles. The van der Waals surface area contributed by atoms with Gasteiger partial charge in [-0.1, -0.05) is 19.1 Å². The van der Waals surface area contributed by atoms with Crippen LogP contribution in [-0.2, 0) is 28.9 Å². The Morgan fingerprint density at radius 3 is 2.96 bits per heavy atom. The molecule has 5 nitrogen and oxygen atoms in total. The number of carbonyl (C=O) groups is 1. The number of rotatable bonds is 5. The number of hydrogen-bond acceptors (Lipinski definition) is 5. The van der Waals surface area contributed by atoms with Gasteiger partial charge >= 0.3 is 5.97 Å². The lowest BCUT2D eigenvalue weighted by Gasteiger charge is -2.24. The van der Waals surface area contributed by atoms with Crippen molar-refractivity contribution < 1.29 is 9.53 Å². The molecule has 0 amide bonds. The van der Waals surface area contributed by atoms with Crippen molar-refractivity contribution in [2.75, 3.05) is 6.61 Å². The van der Waals surface area contributed by atoms with Crippen LogP contribution < -0.4 is 5.56 Å². The number of hydrogen-bond donors (Lipinski definition) is 0. The molecule has 0 fully saturated rings. The zero-order valence-electron chi connectivity index (χ0n) is 15.8. The summed E-state index contributed by atoms with van der Waals surface area (Å²) in [7, 11) is 0. The third kappa shape index (κ3) is 3.86. The van der Waals surface area contributed by atoms with E-state index >= 15 is 0 Å². The number of ether oxygens (including phenoxy) is 1. The highest BCUT2D eigenvalue weighted by Crippen LogP contribution is 2.33. The Kier molecular flexibility index (Phi) is 5.43. The Morgan fingerprint density at radius 1 is 1.30 bits per heavy atom. The van der Waals surface area contributed by atoms with E-state index in [1.54, 1.807) is 22.2 Å². The fraction of sp³-hybridized carbons (Fsp3) is 0.571. The molecule has 2 aliphatic rings. The molecule has 0 bridgehead atoms. The number of esters is 1. The molecule has 6 heteroatoms. The Morgan fingerprint density at radius 2 is 2.11 bits per heavy atom. The molecule has 2 aromatic heterocycles. The normalized spacial score (nSPS) is 22.0. The first-order chi connectivity index (χ1) is 13.1. The van der Waals surface area contributed by atoms with Crippen molar-refractivity contribution in [1.82, 2.24) is 9.55 Å². The Balaban J connectivity index is 1.40. The number of fused-ring (bicyclic) bond motifs is 3. The van der Waals surface area contributed by atoms with Crippen LogP contribution in [0.15, 0.2) is 23.3 Å². The van der Waals surface area contributed by atoms with Gasteiger partial charge in [-0.3, -0.25) is 14.2 Å². The van der Waals surface area contributed by atoms with Crippen molar-refractivity contribution in [3.63, 3.8) is 0 Å². The molecular formula is C21H26N2O3S. The predicted molar refractivity (Wildman–Crippen MR) is 107 cm³/mol. The summed E-state index contributed by atoms with van der Waals surface area (Å²) < 4.78 is 7.04. The highest BCUT2D eigenvalue weighted by atomic mass is 32.1. The van der Waals surface area contributed by atoms with Gasteiger partial charge in [0, 0.05) is 11.4 Å². The van der Waals surface area contributed by atoms with Crippen molar-refractivity contribution in [2.45, 2.75) is 58.4 Å². The molecule has 2 aromatic rings. The average Bonchev–Trinajstić information content (AvgIpc) is 3.06. The van der Waals surface area contributed by atoms with Gasteiger partial charge in [0.05, 0.1) is 24.7 Å². The van der Waals surface area contributed by atoms with Crippen LogP contribution in [0.2, 0.25) is 0 Å². The molecule has 2 heterocycles. The minimum atomic E-state index is -0.240. The number of thiophene rings is 1. The molecule has 0 saturated heterocycles. The molecule has 0 saturated carbocycles. The number of carbonyl (C=O) groups excluding carboxylic acids is 1. The van der Waals surface area contributed by atoms with Crippen LogP contribution in [0, 0.1) is 11.8 Å². The van der Waals surface area contributed by atoms with E-state index in [0.717, 1.165) is 42.3 Å². The van der Waals surface area contributed by atoms with Gasteiger partial charge < -0.3 is 4.74 Å². The third-order valence-electron chi connectivity index (χ3n) is 5.88. The Hall–Kier alpha value is -1.95. The van der Waals surface area contributed by atoms with Crippen molar-refractivity contribution >= 4 is 27.5 Å². The lowest BCUT2D eigenvalue weighted by Crippen LogP contribution is -2.25. The summed E-state index contributed by atoms with van der Waals surface area (Å²) in [6.07, 6.45) is 12.5. The lowest BCUT2D eigenvalue weighted by molar-refractivity contribution is -0.145. The minimum Gasteiger partial charge on any atom is -0.465 e. The van der Waals surface area contributed by atoms with E-state index in [2.05, 4.69) is 24.1 Å². The summed E-state index contributed by atoms with van der Waals surface area (Å²) in [4.78, 5) is 31.7.